The molecule has 4 N–H and O–H groups in total. The highest BCUT2D eigenvalue weighted by Crippen LogP contribution is 2.37. The number of phenolic OH excluding ortho intramolecular Hbond substituents is 1. The number of pyridine rings is 1. The Hall–Kier alpha value is -4.03. The largest absolute Gasteiger partial charge is 0.507 e. The third-order valence-corrected chi connectivity index (χ3v) is 6.80. The third-order valence-electron chi connectivity index (χ3n) is 6.05. The molecular formula is C27H25Cl2F3N6O3. The summed E-state index contributed by atoms with van der Waals surface area (Å²) in [6, 6.07) is 8.97. The molecule has 0 aliphatic carbocycles. The summed E-state index contributed by atoms with van der Waals surface area (Å²) < 4.78 is 40.5. The molecule has 216 valence electrons. The molecule has 2 aromatic carbocycles. The number of hydrogen-bond donors (Lipinski definition) is 4. The molecule has 9 nitrogen and oxygen atoms in total. The number of imidazole rings is 1. The molecule has 2 amide bonds. The molecule has 0 radical (unpaired) electrons. The van der Waals surface area contributed by atoms with Gasteiger partial charge in [-0.25, -0.2) is 9.97 Å². The third kappa shape index (κ3) is 6.49. The summed E-state index contributed by atoms with van der Waals surface area (Å²) >= 11 is 13.0. The maximum absolute atomic E-state index is 13.0. The molecule has 4 rings (SSSR count). The number of aryl methyl sites for hydroxylation is 1. The topological polar surface area (TPSA) is 121 Å². The van der Waals surface area contributed by atoms with Crippen LogP contribution in [0.25, 0.3) is 11.0 Å². The van der Waals surface area contributed by atoms with E-state index in [1.54, 1.807) is 44.5 Å². The van der Waals surface area contributed by atoms with E-state index < -0.39 is 28.9 Å². The van der Waals surface area contributed by atoms with Crippen molar-refractivity contribution >= 4 is 63.5 Å². The van der Waals surface area contributed by atoms with Gasteiger partial charge >= 0.3 is 6.18 Å². The van der Waals surface area contributed by atoms with Gasteiger partial charge in [-0.1, -0.05) is 56.1 Å². The lowest BCUT2D eigenvalue weighted by atomic mass is 9.95. The van der Waals surface area contributed by atoms with Gasteiger partial charge in [-0.2, -0.15) is 13.2 Å². The molecule has 0 bridgehead atoms. The van der Waals surface area contributed by atoms with E-state index in [0.29, 0.717) is 16.8 Å². The second-order valence-corrected chi connectivity index (χ2v) is 11.0. The zero-order valence-corrected chi connectivity index (χ0v) is 23.8. The van der Waals surface area contributed by atoms with Gasteiger partial charge in [-0.3, -0.25) is 9.59 Å². The Kier molecular flexibility index (Phi) is 8.10. The number of aromatic hydroxyl groups is 1. The van der Waals surface area contributed by atoms with Crippen molar-refractivity contribution in [2.75, 3.05) is 10.6 Å². The first-order chi connectivity index (χ1) is 19.1. The number of nitrogens with zero attached hydrogens (tertiary/aromatic N) is 3. The standard InChI is InChI=1S/C27H25Cl2F3N6O3/c1-26(2,3)24(41)33-12-13-8-9-15(28)22(21(13)29)37-25-34-16-10-14(18(39)11-17(16)38(25)4)23(40)36-20-7-5-6-19(35-20)27(30,31)32/h5-11,39H,12H2,1-4H3,(H,33,41)(H,34,37)(H,35,36,40). The SMILES string of the molecule is Cn1c(Nc2c(Cl)ccc(CNC(=O)C(C)(C)C)c2Cl)nc2cc(C(=O)Nc3cccc(C(F)(F)F)n3)c(O)cc21. The average Bonchev–Trinajstić information content (AvgIpc) is 3.18. The fourth-order valence-electron chi connectivity index (χ4n) is 3.77. The zero-order chi connectivity index (χ0) is 30.3. The second kappa shape index (κ2) is 11.1. The maximum Gasteiger partial charge on any atom is 0.433 e. The molecule has 2 aromatic heterocycles. The predicted octanol–water partition coefficient (Wildman–Crippen LogP) is 6.66. The van der Waals surface area contributed by atoms with Gasteiger partial charge in [0.05, 0.1) is 32.3 Å². The summed E-state index contributed by atoms with van der Waals surface area (Å²) in [5.41, 5.74) is -0.336. The molecule has 0 saturated carbocycles. The van der Waals surface area contributed by atoms with Crippen LogP contribution in [0, 0.1) is 5.41 Å². The number of nitrogens with one attached hydrogen (secondary N) is 3. The number of fused-ring (bicyclic) bond motifs is 1. The fraction of sp³-hybridized carbons (Fsp3) is 0.259. The Balaban J connectivity index is 1.61. The van der Waals surface area contributed by atoms with E-state index in [2.05, 4.69) is 25.9 Å². The van der Waals surface area contributed by atoms with Crippen LogP contribution in [0.15, 0.2) is 42.5 Å². The van der Waals surface area contributed by atoms with Gasteiger partial charge in [0, 0.05) is 25.1 Å². The summed E-state index contributed by atoms with van der Waals surface area (Å²) in [5.74, 6) is -1.54. The number of rotatable bonds is 6. The first kappa shape index (κ1) is 29.9. The monoisotopic (exact) mass is 608 g/mol. The molecule has 0 saturated heterocycles. The molecule has 0 aliphatic rings. The van der Waals surface area contributed by atoms with Crippen molar-refractivity contribution < 1.29 is 27.9 Å². The number of hydrogen-bond acceptors (Lipinski definition) is 6. The van der Waals surface area contributed by atoms with E-state index in [1.807, 2.05) is 0 Å². The summed E-state index contributed by atoms with van der Waals surface area (Å²) in [6.45, 7) is 5.54. The van der Waals surface area contributed by atoms with Crippen LogP contribution in [0.1, 0.15) is 42.4 Å². The molecule has 0 unspecified atom stereocenters. The molecular weight excluding hydrogens is 584 g/mol. The zero-order valence-electron chi connectivity index (χ0n) is 22.2. The number of aromatic nitrogens is 3. The lowest BCUT2D eigenvalue weighted by Gasteiger charge is -2.19. The van der Waals surface area contributed by atoms with E-state index in [9.17, 15) is 27.9 Å². The van der Waals surface area contributed by atoms with Crippen LogP contribution in [-0.2, 0) is 24.6 Å². The summed E-state index contributed by atoms with van der Waals surface area (Å²) in [6.07, 6.45) is -4.69. The average molecular weight is 609 g/mol. The smallest absolute Gasteiger partial charge is 0.433 e. The Morgan fingerprint density at radius 3 is 2.41 bits per heavy atom. The van der Waals surface area contributed by atoms with Crippen LogP contribution >= 0.6 is 23.2 Å². The van der Waals surface area contributed by atoms with Crippen LogP contribution in [0.3, 0.4) is 0 Å². The highest BCUT2D eigenvalue weighted by Gasteiger charge is 2.32. The lowest BCUT2D eigenvalue weighted by Crippen LogP contribution is -2.34. The van der Waals surface area contributed by atoms with Crippen molar-refractivity contribution in [1.82, 2.24) is 19.9 Å². The van der Waals surface area contributed by atoms with Crippen molar-refractivity contribution in [3.05, 3.63) is 69.3 Å². The first-order valence-corrected chi connectivity index (χ1v) is 12.9. The minimum Gasteiger partial charge on any atom is -0.507 e. The van der Waals surface area contributed by atoms with Crippen LogP contribution in [0.4, 0.5) is 30.6 Å². The molecule has 0 aliphatic heterocycles. The fourth-order valence-corrected chi connectivity index (χ4v) is 4.30. The van der Waals surface area contributed by atoms with Gasteiger partial charge in [0.1, 0.15) is 17.3 Å². The summed E-state index contributed by atoms with van der Waals surface area (Å²) in [4.78, 5) is 33.0. The predicted molar refractivity (Wildman–Crippen MR) is 151 cm³/mol. The lowest BCUT2D eigenvalue weighted by molar-refractivity contribution is -0.141. The minimum atomic E-state index is -4.69. The van der Waals surface area contributed by atoms with Crippen molar-refractivity contribution in [2.24, 2.45) is 12.5 Å². The Bertz CT molecular complexity index is 1670. The number of alkyl halides is 3. The molecule has 2 heterocycles. The van der Waals surface area contributed by atoms with Crippen LogP contribution < -0.4 is 16.0 Å². The number of phenols is 1. The highest BCUT2D eigenvalue weighted by molar-refractivity contribution is 6.39. The van der Waals surface area contributed by atoms with Gasteiger partial charge in [0.2, 0.25) is 11.9 Å². The molecule has 14 heteroatoms. The Labute approximate surface area is 242 Å². The summed E-state index contributed by atoms with van der Waals surface area (Å²) in [7, 11) is 1.65. The molecule has 41 heavy (non-hydrogen) atoms. The molecule has 0 fully saturated rings. The van der Waals surface area contributed by atoms with Crippen LogP contribution in [0.2, 0.25) is 10.0 Å². The van der Waals surface area contributed by atoms with Crippen molar-refractivity contribution in [3.63, 3.8) is 0 Å². The van der Waals surface area contributed by atoms with Crippen molar-refractivity contribution in [3.8, 4) is 5.75 Å². The number of amides is 2. The molecule has 4 aromatic rings. The number of carbonyl (C=O) groups excluding carboxylic acids is 2. The van der Waals surface area contributed by atoms with Gasteiger partial charge in [-0.05, 0) is 29.8 Å². The first-order valence-electron chi connectivity index (χ1n) is 12.1. The summed E-state index contributed by atoms with van der Waals surface area (Å²) in [5, 5.41) is 19.2. The molecule has 0 spiro atoms. The van der Waals surface area contributed by atoms with Gasteiger partial charge < -0.3 is 25.6 Å². The normalized spacial score (nSPS) is 11.9. The van der Waals surface area contributed by atoms with Crippen LogP contribution in [-0.4, -0.2) is 31.5 Å². The van der Waals surface area contributed by atoms with E-state index in [-0.39, 0.29) is 45.3 Å². The van der Waals surface area contributed by atoms with Crippen LogP contribution in [0.5, 0.6) is 5.75 Å². The van der Waals surface area contributed by atoms with Gasteiger partial charge in [0.15, 0.2) is 0 Å². The minimum absolute atomic E-state index is 0.156. The quantitative estimate of drug-likeness (QED) is 0.194. The van der Waals surface area contributed by atoms with Crippen molar-refractivity contribution in [1.29, 1.82) is 0 Å². The van der Waals surface area contributed by atoms with Crippen molar-refractivity contribution in [2.45, 2.75) is 33.5 Å². The number of carbonyl (C=O) groups is 2. The maximum atomic E-state index is 13.0. The van der Waals surface area contributed by atoms with E-state index in [4.69, 9.17) is 23.2 Å². The van der Waals surface area contributed by atoms with Gasteiger partial charge in [0.25, 0.3) is 5.91 Å². The van der Waals surface area contributed by atoms with E-state index in [1.165, 1.54) is 18.2 Å². The Morgan fingerprint density at radius 2 is 1.76 bits per heavy atom. The Morgan fingerprint density at radius 1 is 1.05 bits per heavy atom. The number of anilines is 3. The highest BCUT2D eigenvalue weighted by atomic mass is 35.5. The van der Waals surface area contributed by atoms with E-state index >= 15 is 0 Å². The second-order valence-electron chi connectivity index (χ2n) is 10.2. The number of halogens is 5. The number of benzene rings is 2. The van der Waals surface area contributed by atoms with Gasteiger partial charge in [-0.15, -0.1) is 0 Å². The van der Waals surface area contributed by atoms with E-state index in [0.717, 1.165) is 12.1 Å². The molecule has 0 atom stereocenters.